The molecule has 0 aliphatic heterocycles. The van der Waals surface area contributed by atoms with Crippen molar-refractivity contribution < 1.29 is 14.4 Å². The number of carbonyl (C=O) groups excluding carboxylic acids is 3. The summed E-state index contributed by atoms with van der Waals surface area (Å²) in [5.74, 6) is -1.28. The number of hydrazine groups is 1. The van der Waals surface area contributed by atoms with E-state index in [4.69, 9.17) is 0 Å². The van der Waals surface area contributed by atoms with E-state index in [2.05, 4.69) is 21.2 Å². The molecule has 2 rings (SSSR count). The monoisotopic (exact) mass is 346 g/mol. The zero-order valence-electron chi connectivity index (χ0n) is 13.5. The van der Waals surface area contributed by atoms with Gasteiger partial charge in [0.2, 0.25) is 5.91 Å². The van der Waals surface area contributed by atoms with Crippen molar-refractivity contribution >= 4 is 29.1 Å². The molecule has 0 fully saturated rings. The molecular formula is C16H18N4O3S. The summed E-state index contributed by atoms with van der Waals surface area (Å²) < 4.78 is 0. The van der Waals surface area contributed by atoms with Gasteiger partial charge in [-0.2, -0.15) is 0 Å². The minimum absolute atomic E-state index is 0.324. The summed E-state index contributed by atoms with van der Waals surface area (Å²) in [6.07, 6.45) is 0. The highest BCUT2D eigenvalue weighted by molar-refractivity contribution is 7.17. The number of aryl methyl sites for hydroxylation is 1. The van der Waals surface area contributed by atoms with Crippen LogP contribution >= 0.6 is 11.3 Å². The molecule has 3 N–H and O–H groups in total. The number of rotatable bonds is 4. The predicted octanol–water partition coefficient (Wildman–Crippen LogP) is 1.40. The Kier molecular flexibility index (Phi) is 5.64. The lowest BCUT2D eigenvalue weighted by Gasteiger charge is -2.13. The molecule has 3 amide bonds. The third-order valence-electron chi connectivity index (χ3n) is 3.14. The maximum atomic E-state index is 12.2. The topological polar surface area (TPSA) is 100 Å². The average molecular weight is 346 g/mol. The summed E-state index contributed by atoms with van der Waals surface area (Å²) in [5.41, 5.74) is 6.13. The van der Waals surface area contributed by atoms with E-state index in [1.807, 2.05) is 30.3 Å². The Hall–Kier alpha value is -2.74. The first-order valence-corrected chi connectivity index (χ1v) is 8.10. The molecule has 1 heterocycles. The number of carbonyl (C=O) groups is 3. The fourth-order valence-corrected chi connectivity index (χ4v) is 2.93. The van der Waals surface area contributed by atoms with Crippen LogP contribution in [0.1, 0.15) is 29.2 Å². The van der Waals surface area contributed by atoms with Crippen LogP contribution < -0.4 is 16.2 Å². The van der Waals surface area contributed by atoms with Crippen LogP contribution in [-0.2, 0) is 9.59 Å². The van der Waals surface area contributed by atoms with Gasteiger partial charge in [0, 0.05) is 12.5 Å². The standard InChI is InChI=1S/C16H18N4O3S/c1-9-13(24-16(18-9)12-7-5-4-6-8-12)15(23)20-19-14(22)10(2)17-11(3)21/h4-8,10H,1-3H3,(H,17,21)(H,19,22)(H,20,23). The molecule has 1 aromatic heterocycles. The van der Waals surface area contributed by atoms with E-state index in [0.717, 1.165) is 10.6 Å². The molecule has 7 nitrogen and oxygen atoms in total. The molecule has 1 aromatic carbocycles. The Balaban J connectivity index is 2.02. The molecule has 0 saturated carbocycles. The van der Waals surface area contributed by atoms with E-state index in [9.17, 15) is 14.4 Å². The SMILES string of the molecule is CC(=O)NC(C)C(=O)NNC(=O)c1sc(-c2ccccc2)nc1C. The fourth-order valence-electron chi connectivity index (χ4n) is 1.97. The lowest BCUT2D eigenvalue weighted by atomic mass is 10.2. The van der Waals surface area contributed by atoms with Gasteiger partial charge >= 0.3 is 0 Å². The van der Waals surface area contributed by atoms with E-state index < -0.39 is 17.9 Å². The van der Waals surface area contributed by atoms with Crippen LogP contribution in [0.5, 0.6) is 0 Å². The predicted molar refractivity (Wildman–Crippen MR) is 91.2 cm³/mol. The van der Waals surface area contributed by atoms with Crippen LogP contribution in [0.2, 0.25) is 0 Å². The molecule has 1 unspecified atom stereocenters. The smallest absolute Gasteiger partial charge is 0.281 e. The van der Waals surface area contributed by atoms with E-state index in [1.165, 1.54) is 25.2 Å². The maximum Gasteiger partial charge on any atom is 0.281 e. The van der Waals surface area contributed by atoms with Crippen molar-refractivity contribution in [2.24, 2.45) is 0 Å². The molecule has 1 atom stereocenters. The zero-order chi connectivity index (χ0) is 17.7. The Labute approximate surface area is 143 Å². The van der Waals surface area contributed by atoms with Gasteiger partial charge in [0.15, 0.2) is 0 Å². The van der Waals surface area contributed by atoms with E-state index in [1.54, 1.807) is 6.92 Å². The van der Waals surface area contributed by atoms with Gasteiger partial charge < -0.3 is 5.32 Å². The number of amides is 3. The highest BCUT2D eigenvalue weighted by Crippen LogP contribution is 2.27. The second-order valence-electron chi connectivity index (χ2n) is 5.17. The second kappa shape index (κ2) is 7.69. The van der Waals surface area contributed by atoms with E-state index >= 15 is 0 Å². The molecule has 0 spiro atoms. The lowest BCUT2D eigenvalue weighted by molar-refractivity contribution is -0.128. The van der Waals surface area contributed by atoms with Crippen molar-refractivity contribution in [3.05, 3.63) is 40.9 Å². The largest absolute Gasteiger partial charge is 0.345 e. The Morgan fingerprint density at radius 2 is 1.79 bits per heavy atom. The molecule has 126 valence electrons. The maximum absolute atomic E-state index is 12.2. The number of hydrogen-bond donors (Lipinski definition) is 3. The van der Waals surface area contributed by atoms with Crippen LogP contribution in [0.25, 0.3) is 10.6 Å². The first kappa shape index (κ1) is 17.6. The average Bonchev–Trinajstić information content (AvgIpc) is 2.94. The van der Waals surface area contributed by atoms with Crippen LogP contribution in [0.15, 0.2) is 30.3 Å². The summed E-state index contributed by atoms with van der Waals surface area (Å²) in [6, 6.07) is 8.78. The fraction of sp³-hybridized carbons (Fsp3) is 0.250. The third-order valence-corrected chi connectivity index (χ3v) is 4.34. The molecule has 2 aromatic rings. The molecule has 0 aliphatic rings. The van der Waals surface area contributed by atoms with Crippen LogP contribution in [-0.4, -0.2) is 28.7 Å². The van der Waals surface area contributed by atoms with Gasteiger partial charge in [-0.1, -0.05) is 30.3 Å². The molecule has 8 heteroatoms. The van der Waals surface area contributed by atoms with Gasteiger partial charge in [0.1, 0.15) is 15.9 Å². The summed E-state index contributed by atoms with van der Waals surface area (Å²) >= 11 is 1.25. The van der Waals surface area contributed by atoms with E-state index in [-0.39, 0.29) is 5.91 Å². The van der Waals surface area contributed by atoms with Gasteiger partial charge in [-0.25, -0.2) is 4.98 Å². The molecule has 0 radical (unpaired) electrons. The minimum atomic E-state index is -0.745. The third kappa shape index (κ3) is 4.39. The van der Waals surface area contributed by atoms with Crippen LogP contribution in [0.3, 0.4) is 0 Å². The molecule has 24 heavy (non-hydrogen) atoms. The molecule has 0 saturated heterocycles. The molecular weight excluding hydrogens is 328 g/mol. The first-order valence-electron chi connectivity index (χ1n) is 7.28. The van der Waals surface area contributed by atoms with Gasteiger partial charge in [-0.05, 0) is 13.8 Å². The van der Waals surface area contributed by atoms with Gasteiger partial charge in [0.25, 0.3) is 11.8 Å². The second-order valence-corrected chi connectivity index (χ2v) is 6.16. The molecule has 0 bridgehead atoms. The summed E-state index contributed by atoms with van der Waals surface area (Å²) in [4.78, 5) is 39.7. The first-order chi connectivity index (χ1) is 11.4. The normalized spacial score (nSPS) is 11.5. The van der Waals surface area contributed by atoms with E-state index in [0.29, 0.717) is 10.6 Å². The van der Waals surface area contributed by atoms with Crippen molar-refractivity contribution in [1.29, 1.82) is 0 Å². The Bertz CT molecular complexity index is 758. The minimum Gasteiger partial charge on any atom is -0.345 e. The van der Waals surface area contributed by atoms with Crippen molar-refractivity contribution in [3.63, 3.8) is 0 Å². The number of thiazole rings is 1. The number of hydrogen-bond acceptors (Lipinski definition) is 5. The van der Waals surface area contributed by atoms with Crippen LogP contribution in [0.4, 0.5) is 0 Å². The van der Waals surface area contributed by atoms with Crippen LogP contribution in [0, 0.1) is 6.92 Å². The zero-order valence-corrected chi connectivity index (χ0v) is 14.4. The lowest BCUT2D eigenvalue weighted by Crippen LogP contribution is -2.50. The number of benzene rings is 1. The van der Waals surface area contributed by atoms with Gasteiger partial charge in [0.05, 0.1) is 5.69 Å². The summed E-state index contributed by atoms with van der Waals surface area (Å²) in [5, 5.41) is 3.16. The molecule has 0 aliphatic carbocycles. The van der Waals surface area contributed by atoms with Gasteiger partial charge in [-0.3, -0.25) is 25.2 Å². The van der Waals surface area contributed by atoms with Crippen molar-refractivity contribution in [3.8, 4) is 10.6 Å². The van der Waals surface area contributed by atoms with Crippen molar-refractivity contribution in [2.45, 2.75) is 26.8 Å². The number of nitrogens with one attached hydrogen (secondary N) is 3. The number of nitrogens with zero attached hydrogens (tertiary/aromatic N) is 1. The summed E-state index contributed by atoms with van der Waals surface area (Å²) in [7, 11) is 0. The highest BCUT2D eigenvalue weighted by Gasteiger charge is 2.18. The Morgan fingerprint density at radius 1 is 1.12 bits per heavy atom. The Morgan fingerprint density at radius 3 is 2.42 bits per heavy atom. The summed E-state index contributed by atoms with van der Waals surface area (Å²) in [6.45, 7) is 4.57. The number of aromatic nitrogens is 1. The quantitative estimate of drug-likeness (QED) is 0.729. The highest BCUT2D eigenvalue weighted by atomic mass is 32.1. The van der Waals surface area contributed by atoms with Gasteiger partial charge in [-0.15, -0.1) is 11.3 Å². The van der Waals surface area contributed by atoms with Crippen molar-refractivity contribution in [1.82, 2.24) is 21.2 Å². The van der Waals surface area contributed by atoms with Crippen molar-refractivity contribution in [2.75, 3.05) is 0 Å².